The van der Waals surface area contributed by atoms with Gasteiger partial charge in [-0.25, -0.2) is 0 Å². The van der Waals surface area contributed by atoms with Crippen molar-refractivity contribution >= 4 is 0 Å². The molecule has 0 spiro atoms. The predicted octanol–water partition coefficient (Wildman–Crippen LogP) is 2.22. The molecule has 2 heterocycles. The van der Waals surface area contributed by atoms with E-state index >= 15 is 0 Å². The Morgan fingerprint density at radius 3 is 2.71 bits per heavy atom. The first kappa shape index (κ1) is 13.9. The number of nitrogens with one attached hydrogen (secondary N) is 1. The van der Waals surface area contributed by atoms with Crippen molar-refractivity contribution in [3.63, 3.8) is 0 Å². The minimum Gasteiger partial charge on any atom is -0.497 e. The number of hydrogen-bond donors (Lipinski definition) is 1. The van der Waals surface area contributed by atoms with Crippen LogP contribution in [-0.4, -0.2) is 37.4 Å². The summed E-state index contributed by atoms with van der Waals surface area (Å²) in [5, 5.41) is 7.47. The Labute approximate surface area is 123 Å². The van der Waals surface area contributed by atoms with Crippen molar-refractivity contribution in [2.45, 2.75) is 18.8 Å². The lowest BCUT2D eigenvalue weighted by atomic mass is 9.98. The molecule has 0 unspecified atom stereocenters. The summed E-state index contributed by atoms with van der Waals surface area (Å²) in [7, 11) is 3.25. The largest absolute Gasteiger partial charge is 0.497 e. The highest BCUT2D eigenvalue weighted by Gasteiger charge is 2.22. The molecule has 0 saturated carbocycles. The third-order valence-corrected chi connectivity index (χ3v) is 3.78. The van der Waals surface area contributed by atoms with Gasteiger partial charge in [-0.2, -0.15) is 4.98 Å². The van der Waals surface area contributed by atoms with Crippen molar-refractivity contribution in [3.05, 3.63) is 24.0 Å². The molecule has 0 amide bonds. The highest BCUT2D eigenvalue weighted by molar-refractivity contribution is 5.65. The van der Waals surface area contributed by atoms with Crippen LogP contribution in [0.2, 0.25) is 0 Å². The van der Waals surface area contributed by atoms with Crippen molar-refractivity contribution in [2.75, 3.05) is 27.3 Å². The van der Waals surface area contributed by atoms with Gasteiger partial charge in [0.15, 0.2) is 5.82 Å². The molecule has 3 rings (SSSR count). The zero-order valence-corrected chi connectivity index (χ0v) is 12.3. The Morgan fingerprint density at radius 1 is 1.19 bits per heavy atom. The molecule has 2 aromatic rings. The standard InChI is InChI=1S/C15H19N3O3/c1-19-11-3-4-13(20-2)12(9-11)15-17-14(18-21-15)10-5-7-16-8-6-10/h3-4,9-10,16H,5-8H2,1-2H3. The molecule has 0 radical (unpaired) electrons. The van der Waals surface area contributed by atoms with Crippen LogP contribution in [0.25, 0.3) is 11.5 Å². The first-order chi connectivity index (χ1) is 10.3. The van der Waals surface area contributed by atoms with E-state index in [1.54, 1.807) is 14.2 Å². The van der Waals surface area contributed by atoms with Crippen LogP contribution in [0.3, 0.4) is 0 Å². The molecule has 1 N–H and O–H groups in total. The number of benzene rings is 1. The van der Waals surface area contributed by atoms with E-state index in [0.717, 1.165) is 43.1 Å². The fourth-order valence-corrected chi connectivity index (χ4v) is 2.57. The van der Waals surface area contributed by atoms with Gasteiger partial charge in [-0.3, -0.25) is 0 Å². The normalized spacial score (nSPS) is 15.9. The van der Waals surface area contributed by atoms with Crippen molar-refractivity contribution < 1.29 is 14.0 Å². The molecule has 1 saturated heterocycles. The van der Waals surface area contributed by atoms with Crippen molar-refractivity contribution in [3.8, 4) is 23.0 Å². The van der Waals surface area contributed by atoms with Gasteiger partial charge in [0.1, 0.15) is 11.5 Å². The van der Waals surface area contributed by atoms with E-state index in [0.29, 0.717) is 17.6 Å². The van der Waals surface area contributed by atoms with Crippen LogP contribution in [0.15, 0.2) is 22.7 Å². The number of rotatable bonds is 4. The van der Waals surface area contributed by atoms with Gasteiger partial charge in [0.2, 0.25) is 0 Å². The molecule has 21 heavy (non-hydrogen) atoms. The lowest BCUT2D eigenvalue weighted by molar-refractivity contribution is 0.385. The summed E-state index contributed by atoms with van der Waals surface area (Å²) in [5.41, 5.74) is 0.754. The van der Waals surface area contributed by atoms with Crippen LogP contribution in [0.5, 0.6) is 11.5 Å². The average molecular weight is 289 g/mol. The molecular weight excluding hydrogens is 270 g/mol. The van der Waals surface area contributed by atoms with E-state index in [1.807, 2.05) is 18.2 Å². The first-order valence-electron chi connectivity index (χ1n) is 7.08. The lowest BCUT2D eigenvalue weighted by Crippen LogP contribution is -2.27. The zero-order valence-electron chi connectivity index (χ0n) is 12.3. The quantitative estimate of drug-likeness (QED) is 0.930. The summed E-state index contributed by atoms with van der Waals surface area (Å²) < 4.78 is 16.0. The fourth-order valence-electron chi connectivity index (χ4n) is 2.57. The minimum absolute atomic E-state index is 0.361. The molecule has 1 aliphatic heterocycles. The maximum absolute atomic E-state index is 5.43. The third kappa shape index (κ3) is 2.85. The van der Waals surface area contributed by atoms with E-state index in [9.17, 15) is 0 Å². The fraction of sp³-hybridized carbons (Fsp3) is 0.467. The second kappa shape index (κ2) is 6.13. The van der Waals surface area contributed by atoms with Crippen LogP contribution < -0.4 is 14.8 Å². The maximum atomic E-state index is 5.43. The molecule has 112 valence electrons. The topological polar surface area (TPSA) is 69.4 Å². The number of piperidine rings is 1. The van der Waals surface area contributed by atoms with Gasteiger partial charge in [0.05, 0.1) is 19.8 Å². The average Bonchev–Trinajstić information content (AvgIpc) is 3.05. The Balaban J connectivity index is 1.91. The molecule has 0 aliphatic carbocycles. The summed E-state index contributed by atoms with van der Waals surface area (Å²) in [6.45, 7) is 1.99. The summed E-state index contributed by atoms with van der Waals surface area (Å²) in [4.78, 5) is 4.55. The number of nitrogens with zero attached hydrogens (tertiary/aromatic N) is 2. The molecule has 1 aromatic heterocycles. The summed E-state index contributed by atoms with van der Waals surface area (Å²) in [6.07, 6.45) is 2.07. The summed E-state index contributed by atoms with van der Waals surface area (Å²) in [6, 6.07) is 5.52. The van der Waals surface area contributed by atoms with E-state index in [-0.39, 0.29) is 0 Å². The number of aromatic nitrogens is 2. The molecule has 6 nitrogen and oxygen atoms in total. The van der Waals surface area contributed by atoms with Gasteiger partial charge in [-0.05, 0) is 44.1 Å². The Morgan fingerprint density at radius 2 is 2.00 bits per heavy atom. The van der Waals surface area contributed by atoms with Crippen LogP contribution in [0, 0.1) is 0 Å². The second-order valence-electron chi connectivity index (χ2n) is 5.05. The molecule has 6 heteroatoms. The minimum atomic E-state index is 0.361. The molecule has 1 aliphatic rings. The Hall–Kier alpha value is -2.08. The third-order valence-electron chi connectivity index (χ3n) is 3.78. The first-order valence-corrected chi connectivity index (χ1v) is 7.08. The predicted molar refractivity (Wildman–Crippen MR) is 77.7 cm³/mol. The number of methoxy groups -OCH3 is 2. The monoisotopic (exact) mass is 289 g/mol. The number of ether oxygens (including phenoxy) is 2. The van der Waals surface area contributed by atoms with Crippen LogP contribution in [-0.2, 0) is 0 Å². The lowest BCUT2D eigenvalue weighted by Gasteiger charge is -2.18. The van der Waals surface area contributed by atoms with E-state index in [1.165, 1.54) is 0 Å². The number of hydrogen-bond acceptors (Lipinski definition) is 6. The Bertz CT molecular complexity index is 606. The second-order valence-corrected chi connectivity index (χ2v) is 5.05. The molecular formula is C15H19N3O3. The van der Waals surface area contributed by atoms with Gasteiger partial charge in [0.25, 0.3) is 5.89 Å². The van der Waals surface area contributed by atoms with Crippen molar-refractivity contribution in [2.24, 2.45) is 0 Å². The van der Waals surface area contributed by atoms with E-state index in [4.69, 9.17) is 14.0 Å². The van der Waals surface area contributed by atoms with Crippen LogP contribution >= 0.6 is 0 Å². The molecule has 0 bridgehead atoms. The van der Waals surface area contributed by atoms with Crippen LogP contribution in [0.1, 0.15) is 24.6 Å². The van der Waals surface area contributed by atoms with Crippen molar-refractivity contribution in [1.29, 1.82) is 0 Å². The van der Waals surface area contributed by atoms with E-state index < -0.39 is 0 Å². The van der Waals surface area contributed by atoms with Gasteiger partial charge < -0.3 is 19.3 Å². The van der Waals surface area contributed by atoms with Gasteiger partial charge in [0, 0.05) is 5.92 Å². The summed E-state index contributed by atoms with van der Waals surface area (Å²) >= 11 is 0. The summed E-state index contributed by atoms with van der Waals surface area (Å²) in [5.74, 6) is 3.03. The molecule has 1 aromatic carbocycles. The Kier molecular flexibility index (Phi) is 4.06. The van der Waals surface area contributed by atoms with E-state index in [2.05, 4.69) is 15.5 Å². The SMILES string of the molecule is COc1ccc(OC)c(-c2nc(C3CCNCC3)no2)c1. The molecule has 0 atom stereocenters. The van der Waals surface area contributed by atoms with Gasteiger partial charge in [-0.1, -0.05) is 5.16 Å². The van der Waals surface area contributed by atoms with Gasteiger partial charge in [-0.15, -0.1) is 0 Å². The maximum Gasteiger partial charge on any atom is 0.261 e. The van der Waals surface area contributed by atoms with Crippen molar-refractivity contribution in [1.82, 2.24) is 15.5 Å². The highest BCUT2D eigenvalue weighted by Crippen LogP contribution is 2.33. The zero-order chi connectivity index (χ0) is 14.7. The molecule has 1 fully saturated rings. The van der Waals surface area contributed by atoms with Crippen LogP contribution in [0.4, 0.5) is 0 Å². The highest BCUT2D eigenvalue weighted by atomic mass is 16.5. The smallest absolute Gasteiger partial charge is 0.261 e. The van der Waals surface area contributed by atoms with Gasteiger partial charge >= 0.3 is 0 Å².